The summed E-state index contributed by atoms with van der Waals surface area (Å²) < 4.78 is 45.5. The van der Waals surface area contributed by atoms with Crippen LogP contribution < -0.4 is 10.1 Å². The van der Waals surface area contributed by atoms with Gasteiger partial charge in [0.25, 0.3) is 0 Å². The number of pyridine rings is 1. The Kier molecular flexibility index (Phi) is 4.35. The van der Waals surface area contributed by atoms with Gasteiger partial charge in [-0.2, -0.15) is 23.3 Å². The molecule has 1 N–H and O–H groups in total. The van der Waals surface area contributed by atoms with Crippen LogP contribution in [0.1, 0.15) is 19.4 Å². The third-order valence-electron chi connectivity index (χ3n) is 2.64. The summed E-state index contributed by atoms with van der Waals surface area (Å²) >= 11 is 0. The zero-order valence-electron chi connectivity index (χ0n) is 11.6. The van der Waals surface area contributed by atoms with E-state index >= 15 is 0 Å². The maximum atomic E-state index is 12.9. The lowest BCUT2D eigenvalue weighted by Crippen LogP contribution is -2.08. The van der Waals surface area contributed by atoms with Gasteiger partial charge in [-0.25, -0.2) is 0 Å². The summed E-state index contributed by atoms with van der Waals surface area (Å²) in [6.07, 6.45) is -1.44. The Bertz CT molecular complexity index is 610. The van der Waals surface area contributed by atoms with Gasteiger partial charge in [-0.15, -0.1) is 0 Å². The van der Waals surface area contributed by atoms with Crippen LogP contribution in [0.15, 0.2) is 24.5 Å². The number of aryl methyl sites for hydroxylation is 1. The minimum absolute atomic E-state index is 0.116. The number of hydrogen-bond donors (Lipinski definition) is 1. The summed E-state index contributed by atoms with van der Waals surface area (Å²) in [7, 11) is 0. The fraction of sp³-hybridized carbons (Fsp3) is 0.385. The standard InChI is InChI=1S/C13H15F3N4O/c1-3-17-11-5-9(13(14,15)16)6-12(19-11)21-10-7-18-20(4-2)8-10/h5-8H,3-4H2,1-2H3,(H,17,19). The molecule has 0 radical (unpaired) electrons. The predicted molar refractivity (Wildman–Crippen MR) is 71.4 cm³/mol. The molecule has 0 aliphatic carbocycles. The predicted octanol–water partition coefficient (Wildman–Crippen LogP) is 3.54. The van der Waals surface area contributed by atoms with Crippen LogP contribution in [0, 0.1) is 0 Å². The van der Waals surface area contributed by atoms with Crippen molar-refractivity contribution in [1.82, 2.24) is 14.8 Å². The van der Waals surface area contributed by atoms with Crippen molar-refractivity contribution in [3.8, 4) is 11.6 Å². The van der Waals surface area contributed by atoms with Gasteiger partial charge in [0.2, 0.25) is 5.88 Å². The monoisotopic (exact) mass is 300 g/mol. The number of halogens is 3. The second-order valence-electron chi connectivity index (χ2n) is 4.24. The smallest absolute Gasteiger partial charge is 0.416 e. The Morgan fingerprint density at radius 2 is 2.05 bits per heavy atom. The van der Waals surface area contributed by atoms with Gasteiger partial charge in [0.15, 0.2) is 5.75 Å². The highest BCUT2D eigenvalue weighted by Gasteiger charge is 2.32. The van der Waals surface area contributed by atoms with Gasteiger partial charge in [-0.3, -0.25) is 4.68 Å². The van der Waals surface area contributed by atoms with E-state index in [4.69, 9.17) is 4.74 Å². The van der Waals surface area contributed by atoms with Gasteiger partial charge in [0.1, 0.15) is 5.82 Å². The van der Waals surface area contributed by atoms with E-state index in [2.05, 4.69) is 15.4 Å². The molecule has 0 aromatic carbocycles. The van der Waals surface area contributed by atoms with E-state index in [1.165, 1.54) is 6.20 Å². The number of nitrogens with zero attached hydrogens (tertiary/aromatic N) is 3. The van der Waals surface area contributed by atoms with E-state index in [1.54, 1.807) is 17.8 Å². The highest BCUT2D eigenvalue weighted by molar-refractivity contribution is 5.43. The fourth-order valence-corrected chi connectivity index (χ4v) is 1.68. The summed E-state index contributed by atoms with van der Waals surface area (Å²) in [5.41, 5.74) is -0.814. The van der Waals surface area contributed by atoms with Crippen LogP contribution in [0.2, 0.25) is 0 Å². The molecule has 0 fully saturated rings. The summed E-state index contributed by atoms with van der Waals surface area (Å²) in [6, 6.07) is 1.82. The quantitative estimate of drug-likeness (QED) is 0.917. The molecule has 0 aliphatic rings. The molecule has 114 valence electrons. The molecule has 0 saturated carbocycles. The van der Waals surface area contributed by atoms with Crippen molar-refractivity contribution in [3.05, 3.63) is 30.1 Å². The minimum Gasteiger partial charge on any atom is -0.436 e. The van der Waals surface area contributed by atoms with Gasteiger partial charge >= 0.3 is 6.18 Å². The average Bonchev–Trinajstić information content (AvgIpc) is 2.85. The lowest BCUT2D eigenvalue weighted by Gasteiger charge is -2.11. The molecule has 21 heavy (non-hydrogen) atoms. The molecule has 2 aromatic rings. The normalized spacial score (nSPS) is 11.5. The van der Waals surface area contributed by atoms with Crippen LogP contribution in [0.4, 0.5) is 19.0 Å². The van der Waals surface area contributed by atoms with E-state index in [-0.39, 0.29) is 11.7 Å². The first kappa shape index (κ1) is 15.1. The van der Waals surface area contributed by atoms with E-state index in [9.17, 15) is 13.2 Å². The van der Waals surface area contributed by atoms with Crippen LogP contribution in [-0.4, -0.2) is 21.3 Å². The Hall–Kier alpha value is -2.25. The Morgan fingerprint density at radius 1 is 1.29 bits per heavy atom. The molecule has 0 amide bonds. The molecule has 0 atom stereocenters. The van der Waals surface area contributed by atoms with Crippen molar-refractivity contribution in [2.75, 3.05) is 11.9 Å². The maximum absolute atomic E-state index is 12.9. The summed E-state index contributed by atoms with van der Waals surface area (Å²) in [6.45, 7) is 4.76. The molecule has 0 saturated heterocycles. The third kappa shape index (κ3) is 3.87. The van der Waals surface area contributed by atoms with Crippen LogP contribution in [0.5, 0.6) is 11.6 Å². The number of hydrogen-bond acceptors (Lipinski definition) is 4. The second kappa shape index (κ2) is 6.02. The Morgan fingerprint density at radius 3 is 2.62 bits per heavy atom. The highest BCUT2D eigenvalue weighted by Crippen LogP contribution is 2.33. The number of anilines is 1. The molecule has 0 unspecified atom stereocenters. The van der Waals surface area contributed by atoms with E-state index in [0.717, 1.165) is 12.1 Å². The molecular weight excluding hydrogens is 285 g/mol. The van der Waals surface area contributed by atoms with Crippen LogP contribution in [-0.2, 0) is 12.7 Å². The SMILES string of the molecule is CCNc1cc(C(F)(F)F)cc(Oc2cnn(CC)c2)n1. The summed E-state index contributed by atoms with van der Waals surface area (Å²) in [5.74, 6) is 0.327. The van der Waals surface area contributed by atoms with Crippen molar-refractivity contribution in [2.45, 2.75) is 26.6 Å². The highest BCUT2D eigenvalue weighted by atomic mass is 19.4. The largest absolute Gasteiger partial charge is 0.436 e. The topological polar surface area (TPSA) is 52.0 Å². The number of alkyl halides is 3. The number of aromatic nitrogens is 3. The lowest BCUT2D eigenvalue weighted by molar-refractivity contribution is -0.137. The lowest BCUT2D eigenvalue weighted by atomic mass is 10.2. The maximum Gasteiger partial charge on any atom is 0.416 e. The van der Waals surface area contributed by atoms with Gasteiger partial charge < -0.3 is 10.1 Å². The first-order valence-electron chi connectivity index (χ1n) is 6.45. The number of rotatable bonds is 5. The molecule has 8 heteroatoms. The van der Waals surface area contributed by atoms with Crippen LogP contribution in [0.3, 0.4) is 0 Å². The van der Waals surface area contributed by atoms with E-state index in [1.807, 2.05) is 6.92 Å². The minimum atomic E-state index is -4.46. The van der Waals surface area contributed by atoms with E-state index in [0.29, 0.717) is 18.8 Å². The molecule has 2 aromatic heterocycles. The summed E-state index contributed by atoms with van der Waals surface area (Å²) in [5, 5.41) is 6.74. The van der Waals surface area contributed by atoms with Crippen LogP contribution >= 0.6 is 0 Å². The third-order valence-corrected chi connectivity index (χ3v) is 2.64. The van der Waals surface area contributed by atoms with Crippen molar-refractivity contribution in [3.63, 3.8) is 0 Å². The molecule has 0 aliphatic heterocycles. The molecule has 2 heterocycles. The molecule has 0 spiro atoms. The van der Waals surface area contributed by atoms with Gasteiger partial charge in [0.05, 0.1) is 18.0 Å². The number of nitrogens with one attached hydrogen (secondary N) is 1. The van der Waals surface area contributed by atoms with E-state index < -0.39 is 11.7 Å². The van der Waals surface area contributed by atoms with Crippen molar-refractivity contribution >= 4 is 5.82 Å². The van der Waals surface area contributed by atoms with Crippen molar-refractivity contribution in [2.24, 2.45) is 0 Å². The molecule has 0 bridgehead atoms. The van der Waals surface area contributed by atoms with Gasteiger partial charge in [0, 0.05) is 19.2 Å². The summed E-state index contributed by atoms with van der Waals surface area (Å²) in [4.78, 5) is 4.00. The zero-order valence-corrected chi connectivity index (χ0v) is 11.6. The first-order chi connectivity index (χ1) is 9.92. The molecular formula is C13H15F3N4O. The first-order valence-corrected chi connectivity index (χ1v) is 6.45. The second-order valence-corrected chi connectivity index (χ2v) is 4.24. The van der Waals surface area contributed by atoms with Crippen molar-refractivity contribution < 1.29 is 17.9 Å². The molecule has 2 rings (SSSR count). The van der Waals surface area contributed by atoms with Crippen LogP contribution in [0.25, 0.3) is 0 Å². The van der Waals surface area contributed by atoms with Gasteiger partial charge in [-0.1, -0.05) is 0 Å². The Balaban J connectivity index is 2.30. The fourth-order valence-electron chi connectivity index (χ4n) is 1.68. The zero-order chi connectivity index (χ0) is 15.5. The van der Waals surface area contributed by atoms with Crippen molar-refractivity contribution in [1.29, 1.82) is 0 Å². The Labute approximate surface area is 119 Å². The molecule has 5 nitrogen and oxygen atoms in total. The van der Waals surface area contributed by atoms with Gasteiger partial charge in [-0.05, 0) is 19.9 Å². The number of ether oxygens (including phenoxy) is 1. The average molecular weight is 300 g/mol.